The third kappa shape index (κ3) is 1.80. The normalized spacial score (nSPS) is 10.4. The van der Waals surface area contributed by atoms with Gasteiger partial charge >= 0.3 is 11.7 Å². The monoisotopic (exact) mass is 233 g/mol. The minimum atomic E-state index is -1.05. The molecule has 0 atom stereocenters. The summed E-state index contributed by atoms with van der Waals surface area (Å²) in [5, 5.41) is 8.80. The van der Waals surface area contributed by atoms with E-state index in [1.807, 2.05) is 0 Å². The van der Waals surface area contributed by atoms with Gasteiger partial charge in [0.15, 0.2) is 0 Å². The molecule has 3 N–H and O–H groups in total. The predicted octanol–water partition coefficient (Wildman–Crippen LogP) is 0.456. The zero-order chi connectivity index (χ0) is 12.6. The first-order valence-electron chi connectivity index (χ1n) is 4.88. The molecule has 6 heteroatoms. The van der Waals surface area contributed by atoms with Crippen LogP contribution in [0.15, 0.2) is 35.4 Å². The van der Waals surface area contributed by atoms with Gasteiger partial charge in [0.25, 0.3) is 0 Å². The summed E-state index contributed by atoms with van der Waals surface area (Å²) in [4.78, 5) is 22.4. The number of imidazole rings is 1. The summed E-state index contributed by atoms with van der Waals surface area (Å²) < 4.78 is 2.77. The number of nitrogen functional groups attached to an aromatic ring is 1. The molecule has 1 aromatic carbocycles. The minimum absolute atomic E-state index is 0.0928. The van der Waals surface area contributed by atoms with E-state index in [1.165, 1.54) is 27.3 Å². The lowest BCUT2D eigenvalue weighted by molar-refractivity contribution is 0.0697. The van der Waals surface area contributed by atoms with Gasteiger partial charge in [-0.3, -0.25) is 4.57 Å². The Balaban J connectivity index is 2.58. The molecular formula is C11H11N3O3. The molecule has 0 aliphatic heterocycles. The molecule has 6 nitrogen and oxygen atoms in total. The molecule has 0 radical (unpaired) electrons. The van der Waals surface area contributed by atoms with Crippen LogP contribution in [0, 0.1) is 0 Å². The lowest BCUT2D eigenvalue weighted by Crippen LogP contribution is -2.21. The van der Waals surface area contributed by atoms with Gasteiger partial charge in [-0.2, -0.15) is 0 Å². The predicted molar refractivity (Wildman–Crippen MR) is 62.4 cm³/mol. The highest BCUT2D eigenvalue weighted by Gasteiger charge is 2.09. The number of nitrogens with two attached hydrogens (primary N) is 1. The van der Waals surface area contributed by atoms with Crippen molar-refractivity contribution in [2.24, 2.45) is 7.05 Å². The Kier molecular flexibility index (Phi) is 2.47. The molecule has 0 fully saturated rings. The standard InChI is InChI=1S/C11H11N3O3/c1-13-4-5-14(11(13)17)9-3-2-7(10(15)16)6-8(9)12/h2-6H,12H2,1H3,(H,15,16). The van der Waals surface area contributed by atoms with Gasteiger partial charge in [0, 0.05) is 19.4 Å². The fraction of sp³-hybridized carbons (Fsp3) is 0.0909. The van der Waals surface area contributed by atoms with Crippen LogP contribution in [0.2, 0.25) is 0 Å². The van der Waals surface area contributed by atoms with Crippen LogP contribution in [0.3, 0.4) is 0 Å². The molecule has 0 bridgehead atoms. The van der Waals surface area contributed by atoms with E-state index in [4.69, 9.17) is 10.8 Å². The zero-order valence-corrected chi connectivity index (χ0v) is 9.12. The fourth-order valence-corrected chi connectivity index (χ4v) is 1.55. The van der Waals surface area contributed by atoms with E-state index >= 15 is 0 Å². The van der Waals surface area contributed by atoms with Gasteiger partial charge < -0.3 is 15.4 Å². The van der Waals surface area contributed by atoms with Gasteiger partial charge in [-0.15, -0.1) is 0 Å². The first-order valence-corrected chi connectivity index (χ1v) is 4.88. The highest BCUT2D eigenvalue weighted by Crippen LogP contribution is 2.17. The molecule has 0 amide bonds. The number of aryl methyl sites for hydroxylation is 1. The number of aromatic nitrogens is 2. The van der Waals surface area contributed by atoms with Crippen LogP contribution in [0.4, 0.5) is 5.69 Å². The van der Waals surface area contributed by atoms with Gasteiger partial charge in [0.2, 0.25) is 0 Å². The molecule has 2 rings (SSSR count). The van der Waals surface area contributed by atoms with Crippen LogP contribution >= 0.6 is 0 Å². The van der Waals surface area contributed by atoms with Crippen molar-refractivity contribution in [3.63, 3.8) is 0 Å². The van der Waals surface area contributed by atoms with E-state index in [-0.39, 0.29) is 16.9 Å². The highest BCUT2D eigenvalue weighted by atomic mass is 16.4. The maximum absolute atomic E-state index is 11.7. The van der Waals surface area contributed by atoms with E-state index in [1.54, 1.807) is 19.4 Å². The Labute approximate surface area is 96.5 Å². The Morgan fingerprint density at radius 3 is 2.53 bits per heavy atom. The molecule has 17 heavy (non-hydrogen) atoms. The second kappa shape index (κ2) is 3.82. The number of hydrogen-bond acceptors (Lipinski definition) is 3. The SMILES string of the molecule is Cn1ccn(-c2ccc(C(=O)O)cc2N)c1=O. The van der Waals surface area contributed by atoms with Crippen molar-refractivity contribution < 1.29 is 9.90 Å². The van der Waals surface area contributed by atoms with Gasteiger partial charge in [0.05, 0.1) is 16.9 Å². The maximum atomic E-state index is 11.7. The number of aromatic carboxylic acids is 1. The van der Waals surface area contributed by atoms with Crippen molar-refractivity contribution >= 4 is 11.7 Å². The lowest BCUT2D eigenvalue weighted by atomic mass is 10.2. The summed E-state index contributed by atoms with van der Waals surface area (Å²) in [6.45, 7) is 0. The number of nitrogens with zero attached hydrogens (tertiary/aromatic N) is 2. The first-order chi connectivity index (χ1) is 8.00. The van der Waals surface area contributed by atoms with Crippen LogP contribution in [0.25, 0.3) is 5.69 Å². The van der Waals surface area contributed by atoms with Gasteiger partial charge in [-0.25, -0.2) is 9.59 Å². The number of hydrogen-bond donors (Lipinski definition) is 2. The third-order valence-corrected chi connectivity index (χ3v) is 2.48. The topological polar surface area (TPSA) is 90.2 Å². The number of rotatable bonds is 2. The zero-order valence-electron chi connectivity index (χ0n) is 9.12. The van der Waals surface area contributed by atoms with Gasteiger partial charge in [-0.05, 0) is 18.2 Å². The molecule has 0 unspecified atom stereocenters. The fourth-order valence-electron chi connectivity index (χ4n) is 1.55. The lowest BCUT2D eigenvalue weighted by Gasteiger charge is -2.06. The number of anilines is 1. The van der Waals surface area contributed by atoms with Gasteiger partial charge in [0.1, 0.15) is 0 Å². The van der Waals surface area contributed by atoms with E-state index in [2.05, 4.69) is 0 Å². The van der Waals surface area contributed by atoms with E-state index in [9.17, 15) is 9.59 Å². The van der Waals surface area contributed by atoms with Crippen LogP contribution in [0.1, 0.15) is 10.4 Å². The molecule has 1 aromatic heterocycles. The van der Waals surface area contributed by atoms with E-state index in [0.29, 0.717) is 5.69 Å². The molecule has 1 heterocycles. The Morgan fingerprint density at radius 1 is 1.35 bits per heavy atom. The Hall–Kier alpha value is -2.50. The summed E-state index contributed by atoms with van der Waals surface area (Å²) in [5.41, 5.74) is 6.31. The maximum Gasteiger partial charge on any atom is 0.335 e. The summed E-state index contributed by atoms with van der Waals surface area (Å²) >= 11 is 0. The van der Waals surface area contributed by atoms with Crippen molar-refractivity contribution in [1.29, 1.82) is 0 Å². The molecule has 0 aliphatic carbocycles. The van der Waals surface area contributed by atoms with Crippen molar-refractivity contribution in [3.8, 4) is 5.69 Å². The third-order valence-electron chi connectivity index (χ3n) is 2.48. The molecular weight excluding hydrogens is 222 g/mol. The summed E-state index contributed by atoms with van der Waals surface area (Å²) in [5.74, 6) is -1.05. The second-order valence-corrected chi connectivity index (χ2v) is 3.64. The summed E-state index contributed by atoms with van der Waals surface area (Å²) in [6.07, 6.45) is 3.18. The van der Waals surface area contributed by atoms with Crippen molar-refractivity contribution in [2.75, 3.05) is 5.73 Å². The summed E-state index contributed by atoms with van der Waals surface area (Å²) in [7, 11) is 1.63. The quantitative estimate of drug-likeness (QED) is 0.737. The van der Waals surface area contributed by atoms with Crippen LogP contribution < -0.4 is 11.4 Å². The number of carbonyl (C=O) groups is 1. The van der Waals surface area contributed by atoms with Crippen LogP contribution in [-0.2, 0) is 7.05 Å². The molecule has 0 aliphatic rings. The molecule has 0 saturated carbocycles. The van der Waals surface area contributed by atoms with Crippen molar-refractivity contribution in [3.05, 3.63) is 46.6 Å². The van der Waals surface area contributed by atoms with E-state index < -0.39 is 5.97 Å². The average Bonchev–Trinajstić information content (AvgIpc) is 2.60. The number of carboxylic acid groups (broad SMARTS) is 1. The average molecular weight is 233 g/mol. The van der Waals surface area contributed by atoms with Crippen LogP contribution in [0.5, 0.6) is 0 Å². The molecule has 0 spiro atoms. The Bertz CT molecular complexity index is 640. The minimum Gasteiger partial charge on any atom is -0.478 e. The number of benzene rings is 1. The molecule has 0 saturated heterocycles. The van der Waals surface area contributed by atoms with Crippen molar-refractivity contribution in [1.82, 2.24) is 9.13 Å². The Morgan fingerprint density at radius 2 is 2.06 bits per heavy atom. The van der Waals surface area contributed by atoms with Crippen molar-refractivity contribution in [2.45, 2.75) is 0 Å². The molecule has 2 aromatic rings. The molecule has 88 valence electrons. The highest BCUT2D eigenvalue weighted by molar-refractivity contribution is 5.89. The van der Waals surface area contributed by atoms with Gasteiger partial charge in [-0.1, -0.05) is 0 Å². The van der Waals surface area contributed by atoms with E-state index in [0.717, 1.165) is 0 Å². The summed E-state index contributed by atoms with van der Waals surface area (Å²) in [6, 6.07) is 4.25. The largest absolute Gasteiger partial charge is 0.478 e. The smallest absolute Gasteiger partial charge is 0.335 e. The second-order valence-electron chi connectivity index (χ2n) is 3.64. The van der Waals surface area contributed by atoms with Crippen LogP contribution in [-0.4, -0.2) is 20.2 Å². The first kappa shape index (κ1) is 11.0. The number of carboxylic acids is 1.